The van der Waals surface area contributed by atoms with E-state index in [0.717, 1.165) is 10.9 Å². The molecule has 0 spiro atoms. The van der Waals surface area contributed by atoms with Gasteiger partial charge in [0.25, 0.3) is 5.91 Å². The van der Waals surface area contributed by atoms with Gasteiger partial charge in [0.2, 0.25) is 5.91 Å². The number of nitrogens with one attached hydrogen (secondary N) is 1. The van der Waals surface area contributed by atoms with Gasteiger partial charge in [-0.05, 0) is 25.1 Å². The molecular weight excluding hydrogens is 332 g/mol. The number of aryl methyl sites for hydroxylation is 1. The van der Waals surface area contributed by atoms with E-state index in [9.17, 15) is 9.59 Å². The topological polar surface area (TPSA) is 71.8 Å². The lowest BCUT2D eigenvalue weighted by Gasteiger charge is -2.16. The Hall–Kier alpha value is -3.28. The molecule has 134 valence electrons. The minimum atomic E-state index is -0.334. The molecule has 3 rings (SSSR count). The van der Waals surface area contributed by atoms with Crippen molar-refractivity contribution in [1.29, 1.82) is 0 Å². The zero-order valence-corrected chi connectivity index (χ0v) is 14.9. The maximum Gasteiger partial charge on any atom is 0.290 e. The lowest BCUT2D eigenvalue weighted by atomic mass is 10.1. The normalized spacial score (nSPS) is 10.6. The van der Waals surface area contributed by atoms with Crippen molar-refractivity contribution in [3.63, 3.8) is 0 Å². The number of carbonyl (C=O) groups is 2. The number of anilines is 1. The summed E-state index contributed by atoms with van der Waals surface area (Å²) < 4.78 is 10.8. The first-order valence-electron chi connectivity index (χ1n) is 8.17. The maximum absolute atomic E-state index is 12.7. The number of nitrogens with zero attached hydrogens (tertiary/aromatic N) is 1. The zero-order valence-electron chi connectivity index (χ0n) is 14.9. The maximum atomic E-state index is 12.7. The number of fused-ring (bicyclic) bond motifs is 1. The van der Waals surface area contributed by atoms with Gasteiger partial charge in [-0.3, -0.25) is 9.59 Å². The van der Waals surface area contributed by atoms with Crippen molar-refractivity contribution in [2.24, 2.45) is 0 Å². The molecule has 0 radical (unpaired) electrons. The minimum absolute atomic E-state index is 0.0907. The molecule has 0 saturated carbocycles. The average molecular weight is 352 g/mol. The Kier molecular flexibility index (Phi) is 4.93. The summed E-state index contributed by atoms with van der Waals surface area (Å²) in [5.41, 5.74) is 2.03. The summed E-state index contributed by atoms with van der Waals surface area (Å²) in [6.07, 6.45) is 0. The van der Waals surface area contributed by atoms with E-state index in [0.29, 0.717) is 17.0 Å². The first kappa shape index (κ1) is 17.5. The molecule has 1 aromatic heterocycles. The van der Waals surface area contributed by atoms with E-state index in [-0.39, 0.29) is 24.1 Å². The SMILES string of the molecule is COc1cccc(NC(=O)CN(C)C(=O)c2oc3ccccc3c2C)c1. The van der Waals surface area contributed by atoms with Crippen LogP contribution < -0.4 is 10.1 Å². The number of hydrogen-bond acceptors (Lipinski definition) is 4. The highest BCUT2D eigenvalue weighted by atomic mass is 16.5. The number of likely N-dealkylation sites (N-methyl/N-ethyl adjacent to an activating group) is 1. The second-order valence-corrected chi connectivity index (χ2v) is 5.99. The largest absolute Gasteiger partial charge is 0.497 e. The third kappa shape index (κ3) is 3.54. The van der Waals surface area contributed by atoms with Gasteiger partial charge in [0.1, 0.15) is 11.3 Å². The Balaban J connectivity index is 1.70. The zero-order chi connectivity index (χ0) is 18.7. The Morgan fingerprint density at radius 3 is 2.65 bits per heavy atom. The van der Waals surface area contributed by atoms with Gasteiger partial charge in [0, 0.05) is 29.8 Å². The van der Waals surface area contributed by atoms with Crippen LogP contribution in [0.25, 0.3) is 11.0 Å². The number of para-hydroxylation sites is 1. The molecule has 1 heterocycles. The summed E-state index contributed by atoms with van der Waals surface area (Å²) in [6.45, 7) is 1.75. The van der Waals surface area contributed by atoms with Gasteiger partial charge in [-0.1, -0.05) is 24.3 Å². The Morgan fingerprint density at radius 2 is 1.92 bits per heavy atom. The fourth-order valence-corrected chi connectivity index (χ4v) is 2.74. The molecule has 6 nitrogen and oxygen atoms in total. The molecule has 0 aliphatic carbocycles. The molecule has 1 N–H and O–H groups in total. The first-order valence-corrected chi connectivity index (χ1v) is 8.17. The summed E-state index contributed by atoms with van der Waals surface area (Å²) in [4.78, 5) is 26.2. The second kappa shape index (κ2) is 7.31. The van der Waals surface area contributed by atoms with Crippen LogP contribution in [0.1, 0.15) is 16.1 Å². The van der Waals surface area contributed by atoms with Crippen molar-refractivity contribution in [1.82, 2.24) is 4.90 Å². The molecule has 0 saturated heterocycles. The molecule has 0 bridgehead atoms. The number of rotatable bonds is 5. The molecule has 0 unspecified atom stereocenters. The van der Waals surface area contributed by atoms with Crippen LogP contribution >= 0.6 is 0 Å². The van der Waals surface area contributed by atoms with E-state index < -0.39 is 0 Å². The molecule has 2 amide bonds. The van der Waals surface area contributed by atoms with Gasteiger partial charge >= 0.3 is 0 Å². The Morgan fingerprint density at radius 1 is 1.15 bits per heavy atom. The lowest BCUT2D eigenvalue weighted by Crippen LogP contribution is -2.35. The van der Waals surface area contributed by atoms with Crippen LogP contribution in [0, 0.1) is 6.92 Å². The van der Waals surface area contributed by atoms with Crippen molar-refractivity contribution in [2.45, 2.75) is 6.92 Å². The highest BCUT2D eigenvalue weighted by Crippen LogP contribution is 2.25. The molecule has 3 aromatic rings. The van der Waals surface area contributed by atoms with Gasteiger partial charge in [-0.2, -0.15) is 0 Å². The first-order chi connectivity index (χ1) is 12.5. The number of hydrogen-bond donors (Lipinski definition) is 1. The predicted molar refractivity (Wildman–Crippen MR) is 99.5 cm³/mol. The van der Waals surface area contributed by atoms with Gasteiger partial charge in [0.05, 0.1) is 13.7 Å². The summed E-state index contributed by atoms with van der Waals surface area (Å²) in [6, 6.07) is 14.5. The highest BCUT2D eigenvalue weighted by molar-refractivity contribution is 6.01. The third-order valence-corrected chi connectivity index (χ3v) is 4.12. The number of methoxy groups -OCH3 is 1. The molecule has 26 heavy (non-hydrogen) atoms. The third-order valence-electron chi connectivity index (χ3n) is 4.12. The van der Waals surface area contributed by atoms with Crippen molar-refractivity contribution in [2.75, 3.05) is 26.0 Å². The average Bonchev–Trinajstić information content (AvgIpc) is 2.98. The van der Waals surface area contributed by atoms with Gasteiger partial charge in [-0.25, -0.2) is 0 Å². The molecule has 0 aliphatic heterocycles. The predicted octanol–water partition coefficient (Wildman–Crippen LogP) is 3.46. The summed E-state index contributed by atoms with van der Waals surface area (Å²) >= 11 is 0. The highest BCUT2D eigenvalue weighted by Gasteiger charge is 2.22. The van der Waals surface area contributed by atoms with Crippen LogP contribution in [-0.4, -0.2) is 37.4 Å². The number of carbonyl (C=O) groups excluding carboxylic acids is 2. The van der Waals surface area contributed by atoms with Crippen LogP contribution in [-0.2, 0) is 4.79 Å². The molecular formula is C20H20N2O4. The van der Waals surface area contributed by atoms with E-state index in [4.69, 9.17) is 9.15 Å². The van der Waals surface area contributed by atoms with E-state index in [1.807, 2.05) is 31.2 Å². The molecule has 6 heteroatoms. The number of benzene rings is 2. The summed E-state index contributed by atoms with van der Waals surface area (Å²) in [7, 11) is 3.13. The molecule has 0 fully saturated rings. The van der Waals surface area contributed by atoms with E-state index >= 15 is 0 Å². The smallest absolute Gasteiger partial charge is 0.290 e. The molecule has 0 atom stereocenters. The van der Waals surface area contributed by atoms with Gasteiger partial charge < -0.3 is 19.4 Å². The Labute approximate surface area is 151 Å². The quantitative estimate of drug-likeness (QED) is 0.763. The number of furan rings is 1. The number of ether oxygens (including phenoxy) is 1. The Bertz CT molecular complexity index is 961. The van der Waals surface area contributed by atoms with Crippen LogP contribution in [0.5, 0.6) is 5.75 Å². The van der Waals surface area contributed by atoms with Crippen LogP contribution in [0.15, 0.2) is 52.9 Å². The van der Waals surface area contributed by atoms with Gasteiger partial charge in [-0.15, -0.1) is 0 Å². The van der Waals surface area contributed by atoms with Crippen molar-refractivity contribution < 1.29 is 18.7 Å². The molecule has 2 aromatic carbocycles. The standard InChI is InChI=1S/C20H20N2O4/c1-13-16-9-4-5-10-17(16)26-19(13)20(24)22(2)12-18(23)21-14-7-6-8-15(11-14)25-3/h4-11H,12H2,1-3H3,(H,21,23). The second-order valence-electron chi connectivity index (χ2n) is 5.99. The van der Waals surface area contributed by atoms with Crippen molar-refractivity contribution >= 4 is 28.5 Å². The van der Waals surface area contributed by atoms with E-state index in [1.165, 1.54) is 4.90 Å². The van der Waals surface area contributed by atoms with Crippen LogP contribution in [0.2, 0.25) is 0 Å². The summed E-state index contributed by atoms with van der Waals surface area (Å²) in [5.74, 6) is 0.260. The fraction of sp³-hybridized carbons (Fsp3) is 0.200. The minimum Gasteiger partial charge on any atom is -0.497 e. The van der Waals surface area contributed by atoms with E-state index in [2.05, 4.69) is 5.32 Å². The van der Waals surface area contributed by atoms with Crippen LogP contribution in [0.4, 0.5) is 5.69 Å². The van der Waals surface area contributed by atoms with E-state index in [1.54, 1.807) is 38.4 Å². The number of amides is 2. The fourth-order valence-electron chi connectivity index (χ4n) is 2.74. The van der Waals surface area contributed by atoms with Crippen molar-refractivity contribution in [3.8, 4) is 5.75 Å². The van der Waals surface area contributed by atoms with Crippen molar-refractivity contribution in [3.05, 3.63) is 59.9 Å². The van der Waals surface area contributed by atoms with Crippen LogP contribution in [0.3, 0.4) is 0 Å². The summed E-state index contributed by atoms with van der Waals surface area (Å²) in [5, 5.41) is 3.65. The molecule has 0 aliphatic rings. The van der Waals surface area contributed by atoms with Gasteiger partial charge in [0.15, 0.2) is 5.76 Å². The lowest BCUT2D eigenvalue weighted by molar-refractivity contribution is -0.116. The monoisotopic (exact) mass is 352 g/mol.